The first-order chi connectivity index (χ1) is 12.1. The molecular weight excluding hydrogens is 316 g/mol. The fourth-order valence-electron chi connectivity index (χ4n) is 3.33. The molecule has 2 aromatic rings. The molecule has 1 fully saturated rings. The summed E-state index contributed by atoms with van der Waals surface area (Å²) in [6.07, 6.45) is 4.25. The zero-order valence-corrected chi connectivity index (χ0v) is 14.9. The van der Waals surface area contributed by atoms with Crippen molar-refractivity contribution in [2.24, 2.45) is 0 Å². The number of hydrogen-bond donors (Lipinski definition) is 0. The Labute approximate surface area is 148 Å². The molecule has 1 aliphatic rings. The van der Waals surface area contributed by atoms with Crippen LogP contribution in [0, 0.1) is 0 Å². The summed E-state index contributed by atoms with van der Waals surface area (Å²) in [6, 6.07) is 10.0. The van der Waals surface area contributed by atoms with Gasteiger partial charge in [0.1, 0.15) is 6.33 Å². The standard InChI is InChI=1S/C19H24N4O2/c1-22-12-16(25-3)9-15(22)11-23(2)19(24)17-10-20-13-21-18(17)14-7-5-4-6-8-14/h4-8,10,13,15-16H,9,11-12H2,1-3H3/t15-,16-/m0/s1. The molecule has 0 spiro atoms. The fourth-order valence-corrected chi connectivity index (χ4v) is 3.33. The molecule has 25 heavy (non-hydrogen) atoms. The summed E-state index contributed by atoms with van der Waals surface area (Å²) < 4.78 is 5.45. The van der Waals surface area contributed by atoms with Crippen LogP contribution in [-0.4, -0.2) is 72.1 Å². The molecule has 0 aliphatic carbocycles. The van der Waals surface area contributed by atoms with Gasteiger partial charge in [0.2, 0.25) is 0 Å². The summed E-state index contributed by atoms with van der Waals surface area (Å²) in [7, 11) is 5.64. The van der Waals surface area contributed by atoms with Crippen LogP contribution < -0.4 is 0 Å². The monoisotopic (exact) mass is 340 g/mol. The summed E-state index contributed by atoms with van der Waals surface area (Å²) in [4.78, 5) is 25.4. The first kappa shape index (κ1) is 17.5. The van der Waals surface area contributed by atoms with Gasteiger partial charge in [0.05, 0.1) is 17.4 Å². The van der Waals surface area contributed by atoms with Crippen LogP contribution in [0.1, 0.15) is 16.8 Å². The highest BCUT2D eigenvalue weighted by Gasteiger charge is 2.31. The van der Waals surface area contributed by atoms with E-state index < -0.39 is 0 Å². The molecular formula is C19H24N4O2. The van der Waals surface area contributed by atoms with Crippen molar-refractivity contribution in [2.45, 2.75) is 18.6 Å². The second-order valence-corrected chi connectivity index (χ2v) is 6.52. The van der Waals surface area contributed by atoms with Crippen molar-refractivity contribution in [3.05, 3.63) is 48.4 Å². The molecule has 0 radical (unpaired) electrons. The van der Waals surface area contributed by atoms with Gasteiger partial charge in [-0.05, 0) is 13.5 Å². The molecule has 1 amide bonds. The van der Waals surface area contributed by atoms with Gasteiger partial charge in [-0.1, -0.05) is 30.3 Å². The SMILES string of the molecule is CO[C@H]1C[C@@H](CN(C)C(=O)c2cncnc2-c2ccccc2)N(C)C1. The van der Waals surface area contributed by atoms with E-state index >= 15 is 0 Å². The molecule has 2 atom stereocenters. The van der Waals surface area contributed by atoms with Gasteiger partial charge in [0.25, 0.3) is 5.91 Å². The predicted molar refractivity (Wildman–Crippen MR) is 96.3 cm³/mol. The minimum absolute atomic E-state index is 0.0614. The zero-order chi connectivity index (χ0) is 17.8. The molecule has 1 saturated heterocycles. The van der Waals surface area contributed by atoms with Crippen LogP contribution in [0.5, 0.6) is 0 Å². The molecule has 1 aliphatic heterocycles. The molecule has 0 N–H and O–H groups in total. The van der Waals surface area contributed by atoms with E-state index in [2.05, 4.69) is 21.9 Å². The summed E-state index contributed by atoms with van der Waals surface area (Å²) >= 11 is 0. The van der Waals surface area contributed by atoms with Gasteiger partial charge >= 0.3 is 0 Å². The van der Waals surface area contributed by atoms with Gasteiger partial charge in [-0.25, -0.2) is 9.97 Å². The third-order valence-electron chi connectivity index (χ3n) is 4.80. The highest BCUT2D eigenvalue weighted by atomic mass is 16.5. The number of nitrogens with zero attached hydrogens (tertiary/aromatic N) is 4. The Morgan fingerprint density at radius 1 is 1.36 bits per heavy atom. The second kappa shape index (κ2) is 7.72. The first-order valence-electron chi connectivity index (χ1n) is 8.44. The van der Waals surface area contributed by atoms with Crippen LogP contribution >= 0.6 is 0 Å². The zero-order valence-electron chi connectivity index (χ0n) is 14.9. The first-order valence-corrected chi connectivity index (χ1v) is 8.44. The van der Waals surface area contributed by atoms with Gasteiger partial charge in [0, 0.05) is 45.0 Å². The lowest BCUT2D eigenvalue weighted by molar-refractivity contribution is 0.0760. The van der Waals surface area contributed by atoms with E-state index in [0.29, 0.717) is 23.8 Å². The van der Waals surface area contributed by atoms with Gasteiger partial charge < -0.3 is 9.64 Å². The van der Waals surface area contributed by atoms with Gasteiger partial charge in [-0.3, -0.25) is 9.69 Å². The maximum absolute atomic E-state index is 13.0. The lowest BCUT2D eigenvalue weighted by Gasteiger charge is -2.26. The fraction of sp³-hybridized carbons (Fsp3) is 0.421. The van der Waals surface area contributed by atoms with Crippen LogP contribution in [-0.2, 0) is 4.74 Å². The van der Waals surface area contributed by atoms with E-state index in [-0.39, 0.29) is 12.0 Å². The Kier molecular flexibility index (Phi) is 5.40. The number of methoxy groups -OCH3 is 1. The third-order valence-corrected chi connectivity index (χ3v) is 4.80. The second-order valence-electron chi connectivity index (χ2n) is 6.52. The number of carbonyl (C=O) groups excluding carboxylic acids is 1. The van der Waals surface area contributed by atoms with Crippen molar-refractivity contribution >= 4 is 5.91 Å². The summed E-state index contributed by atoms with van der Waals surface area (Å²) in [5.41, 5.74) is 2.11. The van der Waals surface area contributed by atoms with Crippen molar-refractivity contribution in [2.75, 3.05) is 34.3 Å². The molecule has 132 valence electrons. The van der Waals surface area contributed by atoms with E-state index in [4.69, 9.17) is 4.74 Å². The highest BCUT2D eigenvalue weighted by molar-refractivity contribution is 5.99. The Bertz CT molecular complexity index is 722. The summed E-state index contributed by atoms with van der Waals surface area (Å²) in [5.74, 6) is -0.0614. The molecule has 1 aromatic heterocycles. The number of carbonyl (C=O) groups is 1. The van der Waals surface area contributed by atoms with E-state index in [1.807, 2.05) is 37.4 Å². The van der Waals surface area contributed by atoms with Crippen LogP contribution in [0.25, 0.3) is 11.3 Å². The number of amides is 1. The smallest absolute Gasteiger partial charge is 0.257 e. The number of likely N-dealkylation sites (tertiary alicyclic amines) is 1. The highest BCUT2D eigenvalue weighted by Crippen LogP contribution is 2.23. The number of rotatable bonds is 5. The Morgan fingerprint density at radius 2 is 2.12 bits per heavy atom. The van der Waals surface area contributed by atoms with Crippen molar-refractivity contribution in [3.63, 3.8) is 0 Å². The minimum atomic E-state index is -0.0614. The average Bonchev–Trinajstić information content (AvgIpc) is 3.01. The summed E-state index contributed by atoms with van der Waals surface area (Å²) in [5, 5.41) is 0. The Morgan fingerprint density at radius 3 is 2.80 bits per heavy atom. The van der Waals surface area contributed by atoms with Crippen LogP contribution in [0.2, 0.25) is 0 Å². The van der Waals surface area contributed by atoms with E-state index in [1.54, 1.807) is 18.2 Å². The maximum Gasteiger partial charge on any atom is 0.257 e. The number of likely N-dealkylation sites (N-methyl/N-ethyl adjacent to an activating group) is 2. The van der Waals surface area contributed by atoms with Crippen LogP contribution in [0.4, 0.5) is 0 Å². The van der Waals surface area contributed by atoms with Crippen molar-refractivity contribution in [3.8, 4) is 11.3 Å². The van der Waals surface area contributed by atoms with Crippen molar-refractivity contribution in [1.29, 1.82) is 0 Å². The van der Waals surface area contributed by atoms with Gasteiger partial charge in [0.15, 0.2) is 0 Å². The maximum atomic E-state index is 13.0. The van der Waals surface area contributed by atoms with E-state index in [9.17, 15) is 4.79 Å². The molecule has 0 bridgehead atoms. The lowest BCUT2D eigenvalue weighted by Crippen LogP contribution is -2.39. The predicted octanol–water partition coefficient (Wildman–Crippen LogP) is 1.93. The van der Waals surface area contributed by atoms with E-state index in [1.165, 1.54) is 6.33 Å². The Hall–Kier alpha value is -2.31. The van der Waals surface area contributed by atoms with Crippen LogP contribution in [0.15, 0.2) is 42.9 Å². The molecule has 0 saturated carbocycles. The van der Waals surface area contributed by atoms with Crippen LogP contribution in [0.3, 0.4) is 0 Å². The number of benzene rings is 1. The molecule has 1 aromatic carbocycles. The van der Waals surface area contributed by atoms with Crippen molar-refractivity contribution in [1.82, 2.24) is 19.8 Å². The van der Waals surface area contributed by atoms with Crippen molar-refractivity contribution < 1.29 is 9.53 Å². The summed E-state index contributed by atoms with van der Waals surface area (Å²) in [6.45, 7) is 1.55. The van der Waals surface area contributed by atoms with Gasteiger partial charge in [-0.2, -0.15) is 0 Å². The quantitative estimate of drug-likeness (QED) is 0.832. The number of hydrogen-bond acceptors (Lipinski definition) is 5. The average molecular weight is 340 g/mol. The molecule has 6 heteroatoms. The van der Waals surface area contributed by atoms with Gasteiger partial charge in [-0.15, -0.1) is 0 Å². The Balaban J connectivity index is 1.77. The number of aromatic nitrogens is 2. The molecule has 0 unspecified atom stereocenters. The normalized spacial score (nSPS) is 20.6. The molecule has 3 rings (SSSR count). The topological polar surface area (TPSA) is 58.6 Å². The minimum Gasteiger partial charge on any atom is -0.380 e. The van der Waals surface area contributed by atoms with E-state index in [0.717, 1.165) is 18.5 Å². The molecule has 6 nitrogen and oxygen atoms in total. The lowest BCUT2D eigenvalue weighted by atomic mass is 10.1. The number of ether oxygens (including phenoxy) is 1. The molecule has 2 heterocycles. The third kappa shape index (κ3) is 3.86. The largest absolute Gasteiger partial charge is 0.380 e.